The molecule has 8 aromatic carbocycles. The lowest BCUT2D eigenvalue weighted by molar-refractivity contribution is 0.423. The maximum atomic E-state index is 6.85. The van der Waals surface area contributed by atoms with Gasteiger partial charge in [0.05, 0.1) is 5.39 Å². The van der Waals surface area contributed by atoms with Crippen LogP contribution in [0.25, 0.3) is 55.3 Å². The molecule has 0 spiro atoms. The number of furan rings is 1. The Hall–Kier alpha value is -6.84. The Morgan fingerprint density at radius 3 is 1.44 bits per heavy atom. The topological polar surface area (TPSA) is 25.6 Å². The second-order valence-electron chi connectivity index (χ2n) is 14.6. The van der Waals surface area contributed by atoms with Crippen LogP contribution in [0.2, 0.25) is 0 Å². The lowest BCUT2D eigenvalue weighted by Gasteiger charge is -2.35. The third kappa shape index (κ3) is 5.36. The number of hydrogen-bond acceptors (Lipinski definition) is 3. The standard InChI is InChI=1S/C51H37NO2/c1-51(2)44-30-23-39(33-48(44)54-50-45(51)31-32-47-49(50)43-15-9-10-16-46(43)53-47)38-21-28-42(29-22-38)52(40-24-17-36(18-25-40)34-11-5-3-6-12-34)41-26-19-37(20-27-41)35-13-7-4-8-14-35/h3-33H,1-2H3. The normalized spacial score (nSPS) is 12.9. The van der Waals surface area contributed by atoms with Gasteiger partial charge in [-0.25, -0.2) is 0 Å². The van der Waals surface area contributed by atoms with Gasteiger partial charge in [-0.05, 0) is 88.0 Å². The summed E-state index contributed by atoms with van der Waals surface area (Å²) in [5.74, 6) is 1.76. The van der Waals surface area contributed by atoms with Gasteiger partial charge in [-0.1, -0.05) is 147 Å². The predicted molar refractivity (Wildman–Crippen MR) is 223 cm³/mol. The SMILES string of the molecule is CC1(C)c2ccc(-c3ccc(N(c4ccc(-c5ccccc5)cc4)c4ccc(-c5ccccc5)cc4)cc3)cc2Oc2c1ccc1oc3ccccc3c21. The average molecular weight is 696 g/mol. The molecule has 0 unspecified atom stereocenters. The van der Waals surface area contributed by atoms with Crippen LogP contribution in [-0.4, -0.2) is 0 Å². The van der Waals surface area contributed by atoms with Crippen LogP contribution < -0.4 is 9.64 Å². The largest absolute Gasteiger partial charge is 0.456 e. The third-order valence-corrected chi connectivity index (χ3v) is 11.0. The highest BCUT2D eigenvalue weighted by Gasteiger charge is 2.36. The highest BCUT2D eigenvalue weighted by Crippen LogP contribution is 2.53. The highest BCUT2D eigenvalue weighted by atomic mass is 16.5. The van der Waals surface area contributed by atoms with Gasteiger partial charge < -0.3 is 14.1 Å². The molecule has 9 aromatic rings. The van der Waals surface area contributed by atoms with Gasteiger partial charge in [0.15, 0.2) is 0 Å². The molecule has 0 aliphatic carbocycles. The Kier molecular flexibility index (Phi) is 7.48. The minimum atomic E-state index is -0.246. The second-order valence-corrected chi connectivity index (χ2v) is 14.6. The zero-order chi connectivity index (χ0) is 36.2. The van der Waals surface area contributed by atoms with Crippen LogP contribution in [-0.2, 0) is 5.41 Å². The van der Waals surface area contributed by atoms with Gasteiger partial charge in [0.2, 0.25) is 0 Å². The molecule has 10 rings (SSSR count). The first kappa shape index (κ1) is 31.9. The van der Waals surface area contributed by atoms with E-state index in [9.17, 15) is 0 Å². The van der Waals surface area contributed by atoms with Crippen molar-refractivity contribution < 1.29 is 9.15 Å². The molecule has 0 fully saturated rings. The monoisotopic (exact) mass is 695 g/mol. The lowest BCUT2D eigenvalue weighted by Crippen LogP contribution is -2.24. The molecule has 1 aliphatic heterocycles. The number of para-hydroxylation sites is 1. The molecule has 1 aromatic heterocycles. The van der Waals surface area contributed by atoms with Crippen molar-refractivity contribution in [2.45, 2.75) is 19.3 Å². The molecule has 258 valence electrons. The zero-order valence-electron chi connectivity index (χ0n) is 30.2. The van der Waals surface area contributed by atoms with Crippen molar-refractivity contribution in [3.63, 3.8) is 0 Å². The fraction of sp³-hybridized carbons (Fsp3) is 0.0588. The average Bonchev–Trinajstić information content (AvgIpc) is 3.62. The van der Waals surface area contributed by atoms with Crippen LogP contribution in [0.1, 0.15) is 25.0 Å². The number of fused-ring (bicyclic) bond motifs is 6. The summed E-state index contributed by atoms with van der Waals surface area (Å²) in [6.45, 7) is 4.56. The van der Waals surface area contributed by atoms with E-state index in [1.165, 1.54) is 33.4 Å². The van der Waals surface area contributed by atoms with E-state index >= 15 is 0 Å². The van der Waals surface area contributed by atoms with Crippen LogP contribution in [0.3, 0.4) is 0 Å². The van der Waals surface area contributed by atoms with E-state index in [4.69, 9.17) is 9.15 Å². The maximum Gasteiger partial charge on any atom is 0.143 e. The maximum absolute atomic E-state index is 6.85. The number of benzene rings is 8. The van der Waals surface area contributed by atoms with Crippen molar-refractivity contribution >= 4 is 39.0 Å². The van der Waals surface area contributed by atoms with Gasteiger partial charge >= 0.3 is 0 Å². The van der Waals surface area contributed by atoms with E-state index < -0.39 is 0 Å². The quantitative estimate of drug-likeness (QED) is 0.173. The molecular weight excluding hydrogens is 659 g/mol. The first-order valence-corrected chi connectivity index (χ1v) is 18.5. The lowest BCUT2D eigenvalue weighted by atomic mass is 9.75. The molecule has 0 saturated heterocycles. The van der Waals surface area contributed by atoms with Gasteiger partial charge in [-0.2, -0.15) is 0 Å². The van der Waals surface area contributed by atoms with Gasteiger partial charge in [0, 0.05) is 39.0 Å². The Balaban J connectivity index is 1.01. The number of rotatable bonds is 6. The van der Waals surface area contributed by atoms with Crippen molar-refractivity contribution in [2.24, 2.45) is 0 Å². The van der Waals surface area contributed by atoms with Crippen molar-refractivity contribution in [2.75, 3.05) is 4.90 Å². The molecule has 0 saturated carbocycles. The molecule has 0 N–H and O–H groups in total. The smallest absolute Gasteiger partial charge is 0.143 e. The van der Waals surface area contributed by atoms with E-state index in [1.54, 1.807) is 0 Å². The van der Waals surface area contributed by atoms with E-state index in [0.29, 0.717) is 0 Å². The summed E-state index contributed by atoms with van der Waals surface area (Å²) < 4.78 is 13.1. The number of hydrogen-bond donors (Lipinski definition) is 0. The Bertz CT molecular complexity index is 2700. The third-order valence-electron chi connectivity index (χ3n) is 11.0. The Morgan fingerprint density at radius 1 is 0.407 bits per heavy atom. The molecule has 54 heavy (non-hydrogen) atoms. The van der Waals surface area contributed by atoms with Crippen molar-refractivity contribution in [1.82, 2.24) is 0 Å². The Labute approximate surface area is 315 Å². The van der Waals surface area contributed by atoms with E-state index in [2.05, 4.69) is 195 Å². The molecule has 0 amide bonds. The van der Waals surface area contributed by atoms with Gasteiger partial charge in [0.25, 0.3) is 0 Å². The minimum absolute atomic E-state index is 0.246. The molecule has 0 atom stereocenters. The summed E-state index contributed by atoms with van der Waals surface area (Å²) >= 11 is 0. The van der Waals surface area contributed by atoms with Crippen LogP contribution in [0.4, 0.5) is 17.1 Å². The Morgan fingerprint density at radius 2 is 0.870 bits per heavy atom. The number of nitrogens with zero attached hydrogens (tertiary/aromatic N) is 1. The molecule has 0 bridgehead atoms. The predicted octanol–water partition coefficient (Wildman–Crippen LogP) is 14.5. The number of ether oxygens (including phenoxy) is 1. The molecular formula is C51H37NO2. The molecule has 2 heterocycles. The van der Waals surface area contributed by atoms with Crippen molar-refractivity contribution in [3.8, 4) is 44.9 Å². The van der Waals surface area contributed by atoms with Crippen LogP contribution in [0, 0.1) is 0 Å². The molecule has 3 heteroatoms. The van der Waals surface area contributed by atoms with Gasteiger partial charge in [-0.15, -0.1) is 0 Å². The summed E-state index contributed by atoms with van der Waals surface area (Å²) in [4.78, 5) is 2.32. The van der Waals surface area contributed by atoms with Gasteiger partial charge in [0.1, 0.15) is 22.7 Å². The summed E-state index contributed by atoms with van der Waals surface area (Å²) in [5, 5.41) is 2.11. The van der Waals surface area contributed by atoms with Crippen LogP contribution in [0.5, 0.6) is 11.5 Å². The van der Waals surface area contributed by atoms with E-state index in [1.807, 2.05) is 12.1 Å². The summed E-state index contributed by atoms with van der Waals surface area (Å²) in [6.07, 6.45) is 0. The van der Waals surface area contributed by atoms with Crippen molar-refractivity contribution in [3.05, 3.63) is 199 Å². The summed E-state index contributed by atoms with van der Waals surface area (Å²) in [7, 11) is 0. The second kappa shape index (κ2) is 12.7. The zero-order valence-corrected chi connectivity index (χ0v) is 30.2. The fourth-order valence-corrected chi connectivity index (χ4v) is 8.06. The summed E-state index contributed by atoms with van der Waals surface area (Å²) in [6, 6.07) is 66.7. The number of anilines is 3. The van der Waals surface area contributed by atoms with Crippen LogP contribution >= 0.6 is 0 Å². The van der Waals surface area contributed by atoms with E-state index in [0.717, 1.165) is 61.6 Å². The molecule has 1 aliphatic rings. The van der Waals surface area contributed by atoms with Crippen LogP contribution in [0.15, 0.2) is 192 Å². The minimum Gasteiger partial charge on any atom is -0.456 e. The molecule has 3 nitrogen and oxygen atoms in total. The summed E-state index contributed by atoms with van der Waals surface area (Å²) in [5.41, 5.74) is 14.1. The molecule has 0 radical (unpaired) electrons. The highest BCUT2D eigenvalue weighted by molar-refractivity contribution is 6.09. The fourth-order valence-electron chi connectivity index (χ4n) is 8.06. The first-order valence-electron chi connectivity index (χ1n) is 18.5. The van der Waals surface area contributed by atoms with E-state index in [-0.39, 0.29) is 5.41 Å². The first-order chi connectivity index (χ1) is 26.5. The van der Waals surface area contributed by atoms with Gasteiger partial charge in [-0.3, -0.25) is 0 Å². The van der Waals surface area contributed by atoms with Crippen molar-refractivity contribution in [1.29, 1.82) is 0 Å².